The molecule has 2 aliphatic rings. The number of aryl methyl sites for hydroxylation is 1. The average molecular weight is 385 g/mol. The average Bonchev–Trinajstić information content (AvgIpc) is 3.15. The lowest BCUT2D eigenvalue weighted by atomic mass is 9.95. The molecule has 29 heavy (non-hydrogen) atoms. The van der Waals surface area contributed by atoms with Gasteiger partial charge in [0.1, 0.15) is 11.5 Å². The molecule has 0 bridgehead atoms. The number of aromatic nitrogens is 6. The van der Waals surface area contributed by atoms with Crippen molar-refractivity contribution in [2.24, 2.45) is 12.5 Å². The maximum Gasteiger partial charge on any atom is 0.129 e. The minimum atomic E-state index is 0.569. The predicted molar refractivity (Wildman–Crippen MR) is 112 cm³/mol. The highest BCUT2D eigenvalue weighted by atomic mass is 15.2. The van der Waals surface area contributed by atoms with Crippen molar-refractivity contribution in [2.45, 2.75) is 25.7 Å². The Kier molecular flexibility index (Phi) is 3.54. The van der Waals surface area contributed by atoms with E-state index in [1.165, 1.54) is 25.7 Å². The van der Waals surface area contributed by atoms with Crippen molar-refractivity contribution in [1.29, 1.82) is 0 Å². The summed E-state index contributed by atoms with van der Waals surface area (Å²) in [4.78, 5) is 12.0. The molecular formula is C22H23N7. The number of hydrogen-bond acceptors (Lipinski definition) is 5. The number of nitrogens with one attached hydrogen (secondary N) is 1. The molecule has 7 nitrogen and oxygen atoms in total. The molecule has 2 fully saturated rings. The second-order valence-electron chi connectivity index (χ2n) is 8.50. The van der Waals surface area contributed by atoms with Crippen LogP contribution in [0.25, 0.3) is 33.5 Å². The van der Waals surface area contributed by atoms with Gasteiger partial charge >= 0.3 is 0 Å². The zero-order valence-electron chi connectivity index (χ0n) is 16.5. The lowest BCUT2D eigenvalue weighted by Crippen LogP contribution is -2.36. The molecule has 0 aromatic carbocycles. The number of nitrogens with zero attached hydrogens (tertiary/aromatic N) is 6. The standard InChI is InChI=1S/C22H23N7/c1-28-13-15(11-24-28)18-10-16-19(12-23-18)26-27-21(16)17-4-2-5-20(25-17)29-9-3-6-22(14-29)7-8-22/h2,4-5,10-13H,3,6-9,14H2,1H3,(H,26,27). The van der Waals surface area contributed by atoms with E-state index in [0.29, 0.717) is 5.41 Å². The highest BCUT2D eigenvalue weighted by molar-refractivity contribution is 5.93. The van der Waals surface area contributed by atoms with Crippen molar-refractivity contribution in [3.63, 3.8) is 0 Å². The third kappa shape index (κ3) is 2.88. The third-order valence-corrected chi connectivity index (χ3v) is 6.37. The number of pyridine rings is 2. The molecule has 4 aromatic rings. The number of hydrogen-bond donors (Lipinski definition) is 1. The summed E-state index contributed by atoms with van der Waals surface area (Å²) in [6, 6.07) is 8.33. The Bertz CT molecular complexity index is 1200. The molecule has 1 N–H and O–H groups in total. The Morgan fingerprint density at radius 2 is 2.03 bits per heavy atom. The molecule has 1 aliphatic carbocycles. The number of rotatable bonds is 3. The van der Waals surface area contributed by atoms with Crippen molar-refractivity contribution in [3.05, 3.63) is 42.9 Å². The van der Waals surface area contributed by atoms with E-state index in [2.05, 4.69) is 43.4 Å². The Hall–Kier alpha value is -3.22. The van der Waals surface area contributed by atoms with Crippen molar-refractivity contribution < 1.29 is 0 Å². The van der Waals surface area contributed by atoms with E-state index in [0.717, 1.165) is 52.5 Å². The van der Waals surface area contributed by atoms with Gasteiger partial charge in [-0.2, -0.15) is 10.2 Å². The quantitative estimate of drug-likeness (QED) is 0.580. The predicted octanol–water partition coefficient (Wildman–Crippen LogP) is 3.80. The smallest absolute Gasteiger partial charge is 0.129 e. The lowest BCUT2D eigenvalue weighted by Gasteiger charge is -2.34. The largest absolute Gasteiger partial charge is 0.356 e. The molecule has 146 valence electrons. The summed E-state index contributed by atoms with van der Waals surface area (Å²) in [5.41, 5.74) is 5.12. The first-order chi connectivity index (χ1) is 14.2. The van der Waals surface area contributed by atoms with Gasteiger partial charge < -0.3 is 4.90 Å². The molecule has 0 unspecified atom stereocenters. The van der Waals surface area contributed by atoms with Crippen LogP contribution in [0.2, 0.25) is 0 Å². The highest BCUT2D eigenvalue weighted by Crippen LogP contribution is 2.52. The van der Waals surface area contributed by atoms with Crippen molar-refractivity contribution in [1.82, 2.24) is 29.9 Å². The van der Waals surface area contributed by atoms with Gasteiger partial charge in [0.25, 0.3) is 0 Å². The Labute approximate surface area is 168 Å². The maximum atomic E-state index is 5.00. The monoisotopic (exact) mass is 385 g/mol. The van der Waals surface area contributed by atoms with Crippen LogP contribution in [0, 0.1) is 5.41 Å². The van der Waals surface area contributed by atoms with Gasteiger partial charge in [-0.05, 0) is 49.3 Å². The maximum absolute atomic E-state index is 5.00. The van der Waals surface area contributed by atoms with Crippen LogP contribution in [0.5, 0.6) is 0 Å². The summed E-state index contributed by atoms with van der Waals surface area (Å²) in [6.45, 7) is 2.23. The second-order valence-corrected chi connectivity index (χ2v) is 8.50. The zero-order valence-corrected chi connectivity index (χ0v) is 16.5. The molecule has 5 heterocycles. The van der Waals surface area contributed by atoms with Crippen molar-refractivity contribution >= 4 is 16.7 Å². The molecule has 1 saturated carbocycles. The molecule has 4 aromatic heterocycles. The van der Waals surface area contributed by atoms with E-state index >= 15 is 0 Å². The first-order valence-corrected chi connectivity index (χ1v) is 10.2. The summed E-state index contributed by atoms with van der Waals surface area (Å²) in [7, 11) is 1.91. The van der Waals surface area contributed by atoms with Gasteiger partial charge in [0, 0.05) is 37.3 Å². The molecule has 1 aliphatic heterocycles. The van der Waals surface area contributed by atoms with Crippen molar-refractivity contribution in [2.75, 3.05) is 18.0 Å². The van der Waals surface area contributed by atoms with Gasteiger partial charge in [-0.25, -0.2) is 4.98 Å². The minimum Gasteiger partial charge on any atom is -0.356 e. The number of aromatic amines is 1. The van der Waals surface area contributed by atoms with Crippen LogP contribution in [0.4, 0.5) is 5.82 Å². The van der Waals surface area contributed by atoms with E-state index in [4.69, 9.17) is 4.98 Å². The summed E-state index contributed by atoms with van der Waals surface area (Å²) in [5.74, 6) is 1.06. The molecule has 1 saturated heterocycles. The summed E-state index contributed by atoms with van der Waals surface area (Å²) in [5, 5.41) is 13.0. The fourth-order valence-electron chi connectivity index (χ4n) is 4.54. The Morgan fingerprint density at radius 1 is 1.10 bits per heavy atom. The van der Waals surface area contributed by atoms with Gasteiger partial charge in [0.15, 0.2) is 0 Å². The van der Waals surface area contributed by atoms with Gasteiger partial charge in [-0.1, -0.05) is 6.07 Å². The van der Waals surface area contributed by atoms with Crippen LogP contribution in [-0.2, 0) is 7.05 Å². The van der Waals surface area contributed by atoms with Crippen LogP contribution >= 0.6 is 0 Å². The van der Waals surface area contributed by atoms with E-state index in [-0.39, 0.29) is 0 Å². The van der Waals surface area contributed by atoms with Crippen LogP contribution in [0.1, 0.15) is 25.7 Å². The van der Waals surface area contributed by atoms with E-state index in [1.54, 1.807) is 4.68 Å². The molecule has 0 radical (unpaired) electrons. The first-order valence-electron chi connectivity index (χ1n) is 10.2. The fourth-order valence-corrected chi connectivity index (χ4v) is 4.54. The SMILES string of the molecule is Cn1cc(-c2cc3c(-c4cccc(N5CCCC6(CC6)C5)n4)n[nH]c3cn2)cn1. The molecule has 7 heteroatoms. The fraction of sp³-hybridized carbons (Fsp3) is 0.364. The third-order valence-electron chi connectivity index (χ3n) is 6.37. The first kappa shape index (κ1) is 16.7. The molecule has 0 amide bonds. The molecule has 1 spiro atoms. The molecule has 0 atom stereocenters. The Morgan fingerprint density at radius 3 is 2.86 bits per heavy atom. The van der Waals surface area contributed by atoms with E-state index in [9.17, 15) is 0 Å². The van der Waals surface area contributed by atoms with Gasteiger partial charge in [-0.3, -0.25) is 14.8 Å². The van der Waals surface area contributed by atoms with Crippen LogP contribution in [0.15, 0.2) is 42.9 Å². The van der Waals surface area contributed by atoms with Crippen LogP contribution in [-0.4, -0.2) is 43.0 Å². The highest BCUT2D eigenvalue weighted by Gasteiger charge is 2.45. The normalized spacial score (nSPS) is 17.9. The number of anilines is 1. The zero-order chi connectivity index (χ0) is 19.4. The van der Waals surface area contributed by atoms with Crippen LogP contribution in [0.3, 0.4) is 0 Å². The summed E-state index contributed by atoms with van der Waals surface area (Å²) in [6.07, 6.45) is 11.0. The summed E-state index contributed by atoms with van der Waals surface area (Å²) < 4.78 is 1.79. The second kappa shape index (κ2) is 6.14. The lowest BCUT2D eigenvalue weighted by molar-refractivity contribution is 0.393. The topological polar surface area (TPSA) is 75.5 Å². The molecule has 6 rings (SSSR count). The molecular weight excluding hydrogens is 362 g/mol. The van der Waals surface area contributed by atoms with Gasteiger partial charge in [-0.15, -0.1) is 0 Å². The van der Waals surface area contributed by atoms with E-state index in [1.807, 2.05) is 31.7 Å². The number of piperidine rings is 1. The number of H-pyrrole nitrogens is 1. The van der Waals surface area contributed by atoms with E-state index < -0.39 is 0 Å². The Balaban J connectivity index is 1.39. The van der Waals surface area contributed by atoms with Crippen LogP contribution < -0.4 is 4.90 Å². The van der Waals surface area contributed by atoms with Crippen molar-refractivity contribution in [3.8, 4) is 22.6 Å². The number of fused-ring (bicyclic) bond motifs is 1. The van der Waals surface area contributed by atoms with Gasteiger partial charge in [0.05, 0.1) is 29.3 Å². The summed E-state index contributed by atoms with van der Waals surface area (Å²) >= 11 is 0. The van der Waals surface area contributed by atoms with Gasteiger partial charge in [0.2, 0.25) is 0 Å². The minimum absolute atomic E-state index is 0.569.